The second kappa shape index (κ2) is 5.95. The molecule has 1 heteroatoms. The van der Waals surface area contributed by atoms with Gasteiger partial charge in [-0.2, -0.15) is 0 Å². The van der Waals surface area contributed by atoms with E-state index in [9.17, 15) is 0 Å². The summed E-state index contributed by atoms with van der Waals surface area (Å²) in [6.07, 6.45) is 9.37. The van der Waals surface area contributed by atoms with Crippen LogP contribution in [-0.2, 0) is 0 Å². The van der Waals surface area contributed by atoms with Gasteiger partial charge in [0.2, 0.25) is 0 Å². The van der Waals surface area contributed by atoms with E-state index in [0.717, 1.165) is 0 Å². The van der Waals surface area contributed by atoms with Gasteiger partial charge in [-0.25, -0.2) is 0 Å². The monoisotopic (exact) mass is 171 g/mol. The Morgan fingerprint density at radius 1 is 1.15 bits per heavy atom. The Morgan fingerprint density at radius 3 is 2.62 bits per heavy atom. The quantitative estimate of drug-likeness (QED) is 0.619. The van der Waals surface area contributed by atoms with Gasteiger partial charge in [0, 0.05) is 12.4 Å². The Hall–Kier alpha value is -1.63. The molecule has 0 fully saturated rings. The molecule has 0 N–H and O–H groups in total. The van der Waals surface area contributed by atoms with Crippen molar-refractivity contribution in [2.75, 3.05) is 0 Å². The fourth-order valence-corrected chi connectivity index (χ4v) is 0.904. The van der Waals surface area contributed by atoms with Crippen LogP contribution in [0.25, 0.3) is 6.08 Å². The van der Waals surface area contributed by atoms with Gasteiger partial charge < -0.3 is 0 Å². The molecule has 0 saturated carbocycles. The van der Waals surface area contributed by atoms with Gasteiger partial charge in [0.25, 0.3) is 0 Å². The van der Waals surface area contributed by atoms with Crippen LogP contribution in [0.5, 0.6) is 0 Å². The molecule has 0 radical (unpaired) electrons. The Morgan fingerprint density at radius 2 is 1.92 bits per heavy atom. The first-order chi connectivity index (χ1) is 6.43. The molecule has 0 amide bonds. The van der Waals surface area contributed by atoms with Crippen molar-refractivity contribution in [3.05, 3.63) is 54.2 Å². The summed E-state index contributed by atoms with van der Waals surface area (Å²) in [5.41, 5.74) is 1.19. The highest BCUT2D eigenvalue weighted by Crippen LogP contribution is 1.99. The zero-order valence-corrected chi connectivity index (χ0v) is 7.72. The third-order valence-corrected chi connectivity index (χ3v) is 1.50. The van der Waals surface area contributed by atoms with Gasteiger partial charge in [-0.1, -0.05) is 42.5 Å². The molecule has 0 atom stereocenters. The van der Waals surface area contributed by atoms with Crippen LogP contribution >= 0.6 is 0 Å². The van der Waals surface area contributed by atoms with E-state index in [0.29, 0.717) is 0 Å². The van der Waals surface area contributed by atoms with Crippen LogP contribution < -0.4 is 0 Å². The maximum Gasteiger partial charge on any atom is 0.0267 e. The first-order valence-corrected chi connectivity index (χ1v) is 4.29. The van der Waals surface area contributed by atoms with Gasteiger partial charge in [-0.05, 0) is 18.6 Å². The summed E-state index contributed by atoms with van der Waals surface area (Å²) in [5.74, 6) is 0. The normalized spacial score (nSPS) is 12.1. The third kappa shape index (κ3) is 4.06. The van der Waals surface area contributed by atoms with Crippen molar-refractivity contribution in [2.24, 2.45) is 4.99 Å². The maximum absolute atomic E-state index is 4.01. The number of hydrogen-bond acceptors (Lipinski definition) is 1. The molecule has 1 nitrogen and oxygen atoms in total. The average molecular weight is 171 g/mol. The topological polar surface area (TPSA) is 12.4 Å². The molecule has 0 aliphatic rings. The molecular weight excluding hydrogens is 158 g/mol. The van der Waals surface area contributed by atoms with Crippen molar-refractivity contribution in [3.63, 3.8) is 0 Å². The molecular formula is C12H13N. The van der Waals surface area contributed by atoms with Gasteiger partial charge in [-0.3, -0.25) is 4.99 Å². The van der Waals surface area contributed by atoms with Crippen molar-refractivity contribution in [1.82, 2.24) is 0 Å². The Labute approximate surface area is 79.1 Å². The van der Waals surface area contributed by atoms with E-state index in [-0.39, 0.29) is 0 Å². The van der Waals surface area contributed by atoms with E-state index in [1.165, 1.54) is 5.56 Å². The first kappa shape index (κ1) is 9.46. The largest absolute Gasteiger partial charge is 0.265 e. The van der Waals surface area contributed by atoms with Crippen LogP contribution in [0, 0.1) is 0 Å². The average Bonchev–Trinajstić information content (AvgIpc) is 2.19. The van der Waals surface area contributed by atoms with Crippen LogP contribution in [0.3, 0.4) is 0 Å². The molecule has 0 unspecified atom stereocenters. The van der Waals surface area contributed by atoms with Gasteiger partial charge >= 0.3 is 0 Å². The highest BCUT2D eigenvalue weighted by Gasteiger charge is 1.79. The number of hydrogen-bond donors (Lipinski definition) is 0. The van der Waals surface area contributed by atoms with Crippen molar-refractivity contribution in [3.8, 4) is 0 Å². The molecule has 0 heterocycles. The van der Waals surface area contributed by atoms with Gasteiger partial charge in [0.1, 0.15) is 0 Å². The van der Waals surface area contributed by atoms with E-state index in [4.69, 9.17) is 0 Å². The lowest BCUT2D eigenvalue weighted by molar-refractivity contribution is 1.55. The van der Waals surface area contributed by atoms with Crippen LogP contribution in [0.15, 0.2) is 53.7 Å². The zero-order chi connectivity index (χ0) is 9.36. The van der Waals surface area contributed by atoms with Crippen LogP contribution in [-0.4, -0.2) is 6.21 Å². The fraction of sp³-hybridized carbons (Fsp3) is 0.0833. The maximum atomic E-state index is 4.01. The van der Waals surface area contributed by atoms with Crippen molar-refractivity contribution in [2.45, 2.75) is 6.92 Å². The summed E-state index contributed by atoms with van der Waals surface area (Å²) < 4.78 is 0. The minimum absolute atomic E-state index is 1.19. The van der Waals surface area contributed by atoms with Gasteiger partial charge in [0.05, 0.1) is 0 Å². The van der Waals surface area contributed by atoms with Crippen molar-refractivity contribution < 1.29 is 0 Å². The molecule has 1 aromatic carbocycles. The molecule has 1 rings (SSSR count). The van der Waals surface area contributed by atoms with Crippen LogP contribution in [0.4, 0.5) is 0 Å². The standard InChI is InChI=1S/C12H13N/c1-2-10-13-11-6-9-12-7-4-3-5-8-12/h2-11H,1H3/b9-6+,10-2+,13-11+. The molecule has 0 aromatic heterocycles. The number of benzene rings is 1. The van der Waals surface area contributed by atoms with E-state index >= 15 is 0 Å². The molecule has 0 bridgehead atoms. The van der Waals surface area contributed by atoms with Gasteiger partial charge in [-0.15, -0.1) is 0 Å². The Kier molecular flexibility index (Phi) is 4.33. The summed E-state index contributed by atoms with van der Waals surface area (Å²) in [6.45, 7) is 1.94. The molecule has 0 aliphatic heterocycles. The predicted molar refractivity (Wildman–Crippen MR) is 58.8 cm³/mol. The van der Waals surface area contributed by atoms with Crippen LogP contribution in [0.2, 0.25) is 0 Å². The molecule has 66 valence electrons. The summed E-state index contributed by atoms with van der Waals surface area (Å²) >= 11 is 0. The molecule has 0 saturated heterocycles. The zero-order valence-electron chi connectivity index (χ0n) is 7.72. The molecule has 0 aliphatic carbocycles. The SMILES string of the molecule is C/C=C/N=C/C=C/c1ccccc1. The van der Waals surface area contributed by atoms with E-state index < -0.39 is 0 Å². The molecule has 0 spiro atoms. The number of aliphatic imine (C=N–C) groups is 1. The summed E-state index contributed by atoms with van der Waals surface area (Å²) in [7, 11) is 0. The lowest BCUT2D eigenvalue weighted by atomic mass is 10.2. The minimum atomic E-state index is 1.19. The lowest BCUT2D eigenvalue weighted by Crippen LogP contribution is -1.68. The summed E-state index contributed by atoms with van der Waals surface area (Å²) in [4.78, 5) is 4.01. The Bertz CT molecular complexity index is 307. The number of allylic oxidation sites excluding steroid dienone is 2. The summed E-state index contributed by atoms with van der Waals surface area (Å²) in [5, 5.41) is 0. The molecule has 1 aromatic rings. The highest BCUT2D eigenvalue weighted by molar-refractivity contribution is 5.78. The second-order valence-electron chi connectivity index (χ2n) is 2.55. The fourth-order valence-electron chi connectivity index (χ4n) is 0.904. The second-order valence-corrected chi connectivity index (χ2v) is 2.55. The van der Waals surface area contributed by atoms with E-state index in [2.05, 4.69) is 17.1 Å². The van der Waals surface area contributed by atoms with Crippen molar-refractivity contribution >= 4 is 12.3 Å². The lowest BCUT2D eigenvalue weighted by Gasteiger charge is -1.87. The smallest absolute Gasteiger partial charge is 0.0267 e. The first-order valence-electron chi connectivity index (χ1n) is 4.29. The van der Waals surface area contributed by atoms with E-state index in [1.807, 2.05) is 43.4 Å². The van der Waals surface area contributed by atoms with Gasteiger partial charge in [0.15, 0.2) is 0 Å². The molecule has 13 heavy (non-hydrogen) atoms. The number of rotatable bonds is 3. The number of nitrogens with zero attached hydrogens (tertiary/aromatic N) is 1. The van der Waals surface area contributed by atoms with Crippen LogP contribution in [0.1, 0.15) is 12.5 Å². The Balaban J connectivity index is 2.50. The summed E-state index contributed by atoms with van der Waals surface area (Å²) in [6, 6.07) is 10.1. The third-order valence-electron chi connectivity index (χ3n) is 1.50. The van der Waals surface area contributed by atoms with E-state index in [1.54, 1.807) is 12.4 Å². The minimum Gasteiger partial charge on any atom is -0.265 e. The van der Waals surface area contributed by atoms with Crippen molar-refractivity contribution in [1.29, 1.82) is 0 Å². The predicted octanol–water partition coefficient (Wildman–Crippen LogP) is 3.30. The highest BCUT2D eigenvalue weighted by atomic mass is 14.6.